The minimum atomic E-state index is -0.918. The highest BCUT2D eigenvalue weighted by Gasteiger charge is 2.45. The highest BCUT2D eigenvalue weighted by atomic mass is 35.5. The van der Waals surface area contributed by atoms with Gasteiger partial charge >= 0.3 is 0 Å². The van der Waals surface area contributed by atoms with E-state index in [-0.39, 0.29) is 17.1 Å². The van der Waals surface area contributed by atoms with Crippen LogP contribution in [0.15, 0.2) is 82.5 Å². The number of anilines is 1. The molecule has 3 aromatic carbocycles. The molecular formula is C27H20ClNO5. The third-order valence-corrected chi connectivity index (χ3v) is 6.21. The second-order valence-electron chi connectivity index (χ2n) is 8.34. The molecule has 0 bridgehead atoms. The molecule has 1 atom stereocenters. The standard InChI is InChI=1S/C27H20ClNO5/c1-14-3-9-20(15(2)11-14)29-24(16-4-7-19(30)8-5-16)23(26(32)27(29)33)25(31)22-13-17-12-18(28)6-10-21(17)34-22/h3-13,24,30,32H,1-2H3. The van der Waals surface area contributed by atoms with Gasteiger partial charge in [0, 0.05) is 16.1 Å². The Hall–Kier alpha value is -4.03. The Balaban J connectivity index is 1.67. The number of aliphatic hydroxyl groups excluding tert-OH is 1. The van der Waals surface area contributed by atoms with Gasteiger partial charge in [-0.1, -0.05) is 41.4 Å². The fourth-order valence-electron chi connectivity index (χ4n) is 4.39. The van der Waals surface area contributed by atoms with Crippen molar-refractivity contribution >= 4 is 39.9 Å². The summed E-state index contributed by atoms with van der Waals surface area (Å²) in [5.74, 6) is -1.91. The van der Waals surface area contributed by atoms with Gasteiger partial charge in [-0.2, -0.15) is 0 Å². The van der Waals surface area contributed by atoms with E-state index in [4.69, 9.17) is 16.0 Å². The monoisotopic (exact) mass is 473 g/mol. The van der Waals surface area contributed by atoms with Crippen LogP contribution in [0, 0.1) is 13.8 Å². The first-order valence-electron chi connectivity index (χ1n) is 10.6. The van der Waals surface area contributed by atoms with Gasteiger partial charge in [0.2, 0.25) is 5.78 Å². The zero-order chi connectivity index (χ0) is 24.1. The van der Waals surface area contributed by atoms with Crippen molar-refractivity contribution in [2.24, 2.45) is 0 Å². The molecule has 7 heteroatoms. The Morgan fingerprint density at radius 1 is 0.971 bits per heavy atom. The van der Waals surface area contributed by atoms with E-state index in [0.717, 1.165) is 11.1 Å². The van der Waals surface area contributed by atoms with Crippen LogP contribution in [0.4, 0.5) is 5.69 Å². The average molecular weight is 474 g/mol. The molecule has 1 unspecified atom stereocenters. The number of carbonyl (C=O) groups is 2. The zero-order valence-corrected chi connectivity index (χ0v) is 19.1. The minimum Gasteiger partial charge on any atom is -0.508 e. The number of Topliss-reactive ketones (excluding diaryl/α,β-unsaturated/α-hetero) is 1. The smallest absolute Gasteiger partial charge is 0.294 e. The Bertz CT molecular complexity index is 1500. The maximum atomic E-state index is 13.7. The van der Waals surface area contributed by atoms with Gasteiger partial charge in [-0.05, 0) is 67.4 Å². The van der Waals surface area contributed by atoms with Gasteiger partial charge < -0.3 is 14.6 Å². The molecule has 2 heterocycles. The summed E-state index contributed by atoms with van der Waals surface area (Å²) in [5, 5.41) is 21.8. The number of aryl methyl sites for hydroxylation is 2. The molecule has 1 aliphatic heterocycles. The number of hydrogen-bond donors (Lipinski definition) is 2. The van der Waals surface area contributed by atoms with Crippen LogP contribution in [-0.2, 0) is 4.79 Å². The fourth-order valence-corrected chi connectivity index (χ4v) is 4.57. The number of halogens is 1. The summed E-state index contributed by atoms with van der Waals surface area (Å²) >= 11 is 6.06. The van der Waals surface area contributed by atoms with Crippen LogP contribution in [0.1, 0.15) is 33.3 Å². The molecule has 1 amide bonds. The van der Waals surface area contributed by atoms with Crippen LogP contribution in [0.3, 0.4) is 0 Å². The molecule has 170 valence electrons. The highest BCUT2D eigenvalue weighted by Crippen LogP contribution is 2.43. The summed E-state index contributed by atoms with van der Waals surface area (Å²) in [7, 11) is 0. The van der Waals surface area contributed by atoms with Crippen LogP contribution in [0.25, 0.3) is 11.0 Å². The van der Waals surface area contributed by atoms with Crippen molar-refractivity contribution in [3.63, 3.8) is 0 Å². The molecule has 5 rings (SSSR count). The second-order valence-corrected chi connectivity index (χ2v) is 8.78. The highest BCUT2D eigenvalue weighted by molar-refractivity contribution is 6.31. The average Bonchev–Trinajstić information content (AvgIpc) is 3.33. The molecule has 0 radical (unpaired) electrons. The predicted octanol–water partition coefficient (Wildman–Crippen LogP) is 6.19. The third kappa shape index (κ3) is 3.53. The van der Waals surface area contributed by atoms with Crippen molar-refractivity contribution < 1.29 is 24.2 Å². The Morgan fingerprint density at radius 3 is 2.41 bits per heavy atom. The summed E-state index contributed by atoms with van der Waals surface area (Å²) in [4.78, 5) is 28.4. The van der Waals surface area contributed by atoms with Crippen LogP contribution in [0.5, 0.6) is 5.75 Å². The van der Waals surface area contributed by atoms with Gasteiger partial charge in [-0.25, -0.2) is 0 Å². The lowest BCUT2D eigenvalue weighted by Gasteiger charge is -2.28. The molecule has 4 aromatic rings. The van der Waals surface area contributed by atoms with Crippen molar-refractivity contribution in [1.29, 1.82) is 0 Å². The number of rotatable bonds is 4. The first-order valence-corrected chi connectivity index (χ1v) is 11.0. The second kappa shape index (κ2) is 8.08. The number of phenolic OH excluding ortho intramolecular Hbond substituents is 1. The first-order chi connectivity index (χ1) is 16.2. The first kappa shape index (κ1) is 21.8. The van der Waals surface area contributed by atoms with Crippen molar-refractivity contribution in [1.82, 2.24) is 0 Å². The normalized spacial score (nSPS) is 16.0. The summed E-state index contributed by atoms with van der Waals surface area (Å²) in [5.41, 5.74) is 3.32. The summed E-state index contributed by atoms with van der Waals surface area (Å²) < 4.78 is 5.74. The molecule has 0 saturated heterocycles. The van der Waals surface area contributed by atoms with Gasteiger partial charge in [0.25, 0.3) is 5.91 Å². The topological polar surface area (TPSA) is 91.0 Å². The van der Waals surface area contributed by atoms with Crippen LogP contribution < -0.4 is 4.90 Å². The molecule has 34 heavy (non-hydrogen) atoms. The van der Waals surface area contributed by atoms with Crippen LogP contribution in [0.2, 0.25) is 5.02 Å². The predicted molar refractivity (Wildman–Crippen MR) is 129 cm³/mol. The number of furan rings is 1. The number of fused-ring (bicyclic) bond motifs is 1. The lowest BCUT2D eigenvalue weighted by atomic mass is 9.94. The number of hydrogen-bond acceptors (Lipinski definition) is 5. The van der Waals surface area contributed by atoms with E-state index in [1.807, 2.05) is 26.0 Å². The van der Waals surface area contributed by atoms with E-state index in [0.29, 0.717) is 27.2 Å². The summed E-state index contributed by atoms with van der Waals surface area (Å²) in [6.45, 7) is 3.81. The van der Waals surface area contributed by atoms with Gasteiger partial charge in [0.1, 0.15) is 11.3 Å². The van der Waals surface area contributed by atoms with E-state index in [1.54, 1.807) is 42.5 Å². The van der Waals surface area contributed by atoms with Gasteiger partial charge in [-0.3, -0.25) is 14.5 Å². The van der Waals surface area contributed by atoms with E-state index in [9.17, 15) is 19.8 Å². The summed E-state index contributed by atoms with van der Waals surface area (Å²) in [6.07, 6.45) is 0. The van der Waals surface area contributed by atoms with E-state index in [2.05, 4.69) is 0 Å². The van der Waals surface area contributed by atoms with Crippen LogP contribution >= 0.6 is 11.6 Å². The van der Waals surface area contributed by atoms with Crippen molar-refractivity contribution in [3.05, 3.63) is 106 Å². The molecule has 0 spiro atoms. The number of benzene rings is 3. The molecule has 0 fully saturated rings. The Morgan fingerprint density at radius 2 is 1.71 bits per heavy atom. The number of phenols is 1. The van der Waals surface area contributed by atoms with Gasteiger partial charge in [-0.15, -0.1) is 0 Å². The molecule has 1 aliphatic rings. The van der Waals surface area contributed by atoms with Gasteiger partial charge in [0.05, 0.1) is 11.6 Å². The minimum absolute atomic E-state index is 0.0159. The number of aromatic hydroxyl groups is 1. The number of amides is 1. The maximum Gasteiger partial charge on any atom is 0.294 e. The fraction of sp³-hybridized carbons (Fsp3) is 0.111. The SMILES string of the molecule is Cc1ccc(N2C(=O)C(O)=C(C(=O)c3cc4cc(Cl)ccc4o3)C2c2ccc(O)cc2)c(C)c1. The number of carbonyl (C=O) groups excluding carboxylic acids is 2. The van der Waals surface area contributed by atoms with Gasteiger partial charge in [0.15, 0.2) is 11.5 Å². The quantitative estimate of drug-likeness (QED) is 0.345. The lowest BCUT2D eigenvalue weighted by Crippen LogP contribution is -2.31. The van der Waals surface area contributed by atoms with Crippen molar-refractivity contribution in [2.45, 2.75) is 19.9 Å². The largest absolute Gasteiger partial charge is 0.508 e. The van der Waals surface area contributed by atoms with E-state index < -0.39 is 23.5 Å². The molecule has 6 nitrogen and oxygen atoms in total. The lowest BCUT2D eigenvalue weighted by molar-refractivity contribution is -0.117. The maximum absolute atomic E-state index is 13.7. The van der Waals surface area contributed by atoms with Crippen molar-refractivity contribution in [2.75, 3.05) is 4.90 Å². The third-order valence-electron chi connectivity index (χ3n) is 5.98. The van der Waals surface area contributed by atoms with Crippen LogP contribution in [-0.4, -0.2) is 21.9 Å². The number of ketones is 1. The molecule has 0 aliphatic carbocycles. The molecule has 2 N–H and O–H groups in total. The number of nitrogens with zero attached hydrogens (tertiary/aromatic N) is 1. The zero-order valence-electron chi connectivity index (χ0n) is 18.4. The molecule has 0 saturated carbocycles. The molecule has 1 aromatic heterocycles. The van der Waals surface area contributed by atoms with Crippen molar-refractivity contribution in [3.8, 4) is 5.75 Å². The Labute approximate surface area is 200 Å². The van der Waals surface area contributed by atoms with E-state index in [1.165, 1.54) is 17.0 Å². The summed E-state index contributed by atoms with van der Waals surface area (Å²) in [6, 6.07) is 17.4. The Kier molecular flexibility index (Phi) is 5.18. The van der Waals surface area contributed by atoms with E-state index >= 15 is 0 Å². The molecular weight excluding hydrogens is 454 g/mol. The number of aliphatic hydroxyl groups is 1.